The number of aryl methyl sites for hydroxylation is 2. The summed E-state index contributed by atoms with van der Waals surface area (Å²) in [5.74, 6) is 0. The Morgan fingerprint density at radius 2 is 1.33 bits per heavy atom. The lowest BCUT2D eigenvalue weighted by molar-refractivity contribution is 0.0551. The summed E-state index contributed by atoms with van der Waals surface area (Å²) in [6.45, 7) is 9.71. The predicted octanol–water partition coefficient (Wildman–Crippen LogP) is 6.72. The Kier molecular flexibility index (Phi) is 4.29. The van der Waals surface area contributed by atoms with Gasteiger partial charge in [0.05, 0.1) is 11.0 Å². The molecular weight excluding hydrogens is 434 g/mol. The molecule has 0 aliphatic heterocycles. The molecule has 5 heteroatoms. The Hall–Kier alpha value is -1.33. The van der Waals surface area contributed by atoms with Crippen molar-refractivity contribution in [2.24, 2.45) is 0 Å². The van der Waals surface area contributed by atoms with E-state index in [0.29, 0.717) is 0 Å². The second kappa shape index (κ2) is 5.88. The van der Waals surface area contributed by atoms with E-state index < -0.39 is 5.60 Å². The molecule has 0 aliphatic carbocycles. The molecular formula is C19H19Br2NO2. The van der Waals surface area contributed by atoms with Crippen LogP contribution in [0.2, 0.25) is 0 Å². The van der Waals surface area contributed by atoms with E-state index in [4.69, 9.17) is 4.74 Å². The van der Waals surface area contributed by atoms with Gasteiger partial charge in [0.15, 0.2) is 0 Å². The molecule has 3 rings (SSSR count). The van der Waals surface area contributed by atoms with Gasteiger partial charge in [0.2, 0.25) is 0 Å². The maximum atomic E-state index is 12.9. The van der Waals surface area contributed by atoms with Gasteiger partial charge in [-0.15, -0.1) is 0 Å². The van der Waals surface area contributed by atoms with Gasteiger partial charge in [-0.1, -0.05) is 0 Å². The van der Waals surface area contributed by atoms with Crippen LogP contribution in [0.25, 0.3) is 21.8 Å². The Morgan fingerprint density at radius 3 is 1.71 bits per heavy atom. The van der Waals surface area contributed by atoms with Crippen LogP contribution in [0.15, 0.2) is 33.2 Å². The molecule has 0 atom stereocenters. The molecule has 0 fully saturated rings. The number of rotatable bonds is 0. The number of ether oxygens (including phenoxy) is 1. The highest BCUT2D eigenvalue weighted by Crippen LogP contribution is 2.39. The number of hydrogen-bond donors (Lipinski definition) is 0. The number of carbonyl (C=O) groups is 1. The lowest BCUT2D eigenvalue weighted by Gasteiger charge is -2.20. The van der Waals surface area contributed by atoms with Crippen molar-refractivity contribution in [2.45, 2.75) is 40.2 Å². The van der Waals surface area contributed by atoms with Crippen molar-refractivity contribution in [3.63, 3.8) is 0 Å². The third-order valence-corrected chi connectivity index (χ3v) is 4.94. The minimum Gasteiger partial charge on any atom is -0.443 e. The van der Waals surface area contributed by atoms with Gasteiger partial charge in [-0.2, -0.15) is 0 Å². The first-order chi connectivity index (χ1) is 11.1. The van der Waals surface area contributed by atoms with Gasteiger partial charge in [-0.25, -0.2) is 9.36 Å². The molecule has 0 N–H and O–H groups in total. The minimum absolute atomic E-state index is 0.378. The van der Waals surface area contributed by atoms with Crippen LogP contribution in [-0.4, -0.2) is 16.3 Å². The number of nitrogens with zero attached hydrogens (tertiary/aromatic N) is 1. The third kappa shape index (κ3) is 3.00. The van der Waals surface area contributed by atoms with E-state index in [1.807, 2.05) is 46.8 Å². The lowest BCUT2D eigenvalue weighted by Crippen LogP contribution is -2.27. The molecule has 0 spiro atoms. The second-order valence-electron chi connectivity index (χ2n) is 7.10. The van der Waals surface area contributed by atoms with E-state index in [-0.39, 0.29) is 6.09 Å². The Bertz CT molecular complexity index is 916. The standard InChI is InChI=1S/C19H19Br2NO2/c1-10-6-12-13-7-11(2)9-15(21)17(13)22(16(12)14(20)8-10)18(23)24-19(3,4)5/h6-9H,1-5H3. The van der Waals surface area contributed by atoms with Crippen LogP contribution in [0.1, 0.15) is 31.9 Å². The number of hydrogen-bond acceptors (Lipinski definition) is 2. The average Bonchev–Trinajstić information content (AvgIpc) is 2.72. The summed E-state index contributed by atoms with van der Waals surface area (Å²) < 4.78 is 9.06. The first-order valence-electron chi connectivity index (χ1n) is 7.72. The SMILES string of the molecule is Cc1cc(Br)c2c(c1)c1cc(C)cc(Br)c1n2C(=O)OC(C)(C)C. The molecule has 0 amide bonds. The van der Waals surface area contributed by atoms with Crippen molar-refractivity contribution in [2.75, 3.05) is 0 Å². The number of benzene rings is 2. The fourth-order valence-corrected chi connectivity index (χ4v) is 4.44. The summed E-state index contributed by atoms with van der Waals surface area (Å²) >= 11 is 7.25. The average molecular weight is 453 g/mol. The maximum Gasteiger partial charge on any atom is 0.419 e. The van der Waals surface area contributed by atoms with E-state index in [2.05, 4.69) is 44.0 Å². The van der Waals surface area contributed by atoms with Crippen LogP contribution in [0.4, 0.5) is 4.79 Å². The van der Waals surface area contributed by atoms with Crippen LogP contribution in [0.5, 0.6) is 0 Å². The minimum atomic E-state index is -0.561. The van der Waals surface area contributed by atoms with E-state index >= 15 is 0 Å². The van der Waals surface area contributed by atoms with Gasteiger partial charge in [0.1, 0.15) is 5.60 Å². The number of halogens is 2. The molecule has 0 unspecified atom stereocenters. The van der Waals surface area contributed by atoms with Crippen molar-refractivity contribution in [1.82, 2.24) is 4.57 Å². The molecule has 0 saturated heterocycles. The van der Waals surface area contributed by atoms with E-state index in [1.165, 1.54) is 0 Å². The Balaban J connectivity index is 2.47. The van der Waals surface area contributed by atoms with Gasteiger partial charge in [0, 0.05) is 19.7 Å². The van der Waals surface area contributed by atoms with Gasteiger partial charge < -0.3 is 4.74 Å². The zero-order valence-corrected chi connectivity index (χ0v) is 17.5. The smallest absolute Gasteiger partial charge is 0.419 e. The van der Waals surface area contributed by atoms with Crippen molar-refractivity contribution in [1.29, 1.82) is 0 Å². The van der Waals surface area contributed by atoms with Gasteiger partial charge in [0.25, 0.3) is 0 Å². The van der Waals surface area contributed by atoms with Gasteiger partial charge in [-0.3, -0.25) is 0 Å². The fourth-order valence-electron chi connectivity index (χ4n) is 2.94. The van der Waals surface area contributed by atoms with Crippen molar-refractivity contribution in [3.8, 4) is 0 Å². The highest BCUT2D eigenvalue weighted by atomic mass is 79.9. The Labute approximate surface area is 158 Å². The van der Waals surface area contributed by atoms with Crippen LogP contribution < -0.4 is 0 Å². The predicted molar refractivity (Wildman–Crippen MR) is 106 cm³/mol. The fraction of sp³-hybridized carbons (Fsp3) is 0.316. The van der Waals surface area contributed by atoms with Crippen LogP contribution >= 0.6 is 31.9 Å². The van der Waals surface area contributed by atoms with Crippen LogP contribution in [0, 0.1) is 13.8 Å². The largest absolute Gasteiger partial charge is 0.443 e. The van der Waals surface area contributed by atoms with Crippen molar-refractivity contribution < 1.29 is 9.53 Å². The molecule has 0 bridgehead atoms. The number of carbonyl (C=O) groups excluding carboxylic acids is 1. The molecule has 2 aromatic carbocycles. The molecule has 3 aromatic rings. The quantitative estimate of drug-likeness (QED) is 0.379. The van der Waals surface area contributed by atoms with Crippen molar-refractivity contribution in [3.05, 3.63) is 44.3 Å². The van der Waals surface area contributed by atoms with Crippen LogP contribution in [0.3, 0.4) is 0 Å². The van der Waals surface area contributed by atoms with Gasteiger partial charge in [-0.05, 0) is 102 Å². The second-order valence-corrected chi connectivity index (χ2v) is 8.81. The first-order valence-corrected chi connectivity index (χ1v) is 9.31. The number of fused-ring (bicyclic) bond motifs is 3. The summed E-state index contributed by atoms with van der Waals surface area (Å²) in [6, 6.07) is 8.25. The molecule has 1 aromatic heterocycles. The monoisotopic (exact) mass is 451 g/mol. The zero-order valence-electron chi connectivity index (χ0n) is 14.3. The van der Waals surface area contributed by atoms with Gasteiger partial charge >= 0.3 is 6.09 Å². The highest BCUT2D eigenvalue weighted by molar-refractivity contribution is 9.11. The maximum absolute atomic E-state index is 12.9. The summed E-state index contributed by atoms with van der Waals surface area (Å²) in [6.07, 6.45) is -0.378. The first kappa shape index (κ1) is 17.5. The van der Waals surface area contributed by atoms with Crippen LogP contribution in [-0.2, 0) is 4.74 Å². The normalized spacial score (nSPS) is 12.1. The molecule has 0 aliphatic rings. The lowest BCUT2D eigenvalue weighted by atomic mass is 10.1. The summed E-state index contributed by atoms with van der Waals surface area (Å²) in [7, 11) is 0. The molecule has 24 heavy (non-hydrogen) atoms. The molecule has 3 nitrogen and oxygen atoms in total. The third-order valence-electron chi connectivity index (χ3n) is 3.73. The van der Waals surface area contributed by atoms with E-state index in [0.717, 1.165) is 41.9 Å². The molecule has 0 radical (unpaired) electrons. The highest BCUT2D eigenvalue weighted by Gasteiger charge is 2.25. The van der Waals surface area contributed by atoms with E-state index in [9.17, 15) is 4.79 Å². The topological polar surface area (TPSA) is 31.2 Å². The summed E-state index contributed by atoms with van der Waals surface area (Å²) in [5, 5.41) is 2.07. The van der Waals surface area contributed by atoms with Crippen molar-refractivity contribution >= 4 is 59.8 Å². The molecule has 126 valence electrons. The molecule has 1 heterocycles. The van der Waals surface area contributed by atoms with E-state index in [1.54, 1.807) is 4.57 Å². The summed E-state index contributed by atoms with van der Waals surface area (Å²) in [4.78, 5) is 12.9. The Morgan fingerprint density at radius 1 is 0.917 bits per heavy atom. The summed E-state index contributed by atoms with van der Waals surface area (Å²) in [5.41, 5.74) is 3.37. The molecule has 0 saturated carbocycles. The zero-order chi connectivity index (χ0) is 17.8. The number of aromatic nitrogens is 1.